The van der Waals surface area contributed by atoms with Gasteiger partial charge in [-0.25, -0.2) is 0 Å². The number of aromatic nitrogens is 5. The molecule has 0 unspecified atom stereocenters. The number of furan rings is 1. The van der Waals surface area contributed by atoms with Gasteiger partial charge in [-0.15, -0.1) is 10.2 Å². The summed E-state index contributed by atoms with van der Waals surface area (Å²) in [7, 11) is 0. The molecule has 3 aromatic heterocycles. The third kappa shape index (κ3) is 3.66. The highest BCUT2D eigenvalue weighted by Crippen LogP contribution is 2.29. The highest BCUT2D eigenvalue weighted by atomic mass is 32.2. The van der Waals surface area contributed by atoms with E-state index in [1.54, 1.807) is 30.2 Å². The van der Waals surface area contributed by atoms with Gasteiger partial charge in [-0.2, -0.15) is 4.98 Å². The van der Waals surface area contributed by atoms with Crippen molar-refractivity contribution in [1.82, 2.24) is 24.9 Å². The van der Waals surface area contributed by atoms with Gasteiger partial charge in [-0.3, -0.25) is 4.57 Å². The number of nitrogens with zero attached hydrogens (tertiary/aromatic N) is 6. The van der Waals surface area contributed by atoms with Crippen molar-refractivity contribution < 1.29 is 13.7 Å². The lowest BCUT2D eigenvalue weighted by molar-refractivity contribution is 0.0952. The standard InChI is InChI=1S/C18H22N6O3S/c1-2-8-23(7-1)17-20-21-18(24(17)11-13-5-3-9-25-13)28-12-15-19-16(27-22-15)14-6-4-10-26-14/h4,6,10,13H,1-3,5,7-9,11-12H2/t13-/m0/s1. The van der Waals surface area contributed by atoms with Crippen molar-refractivity contribution in [3.63, 3.8) is 0 Å². The molecular weight excluding hydrogens is 380 g/mol. The molecule has 0 N–H and O–H groups in total. The van der Waals surface area contributed by atoms with Crippen LogP contribution in [0.25, 0.3) is 11.7 Å². The fraction of sp³-hybridized carbons (Fsp3) is 0.556. The van der Waals surface area contributed by atoms with E-state index in [-0.39, 0.29) is 6.10 Å². The van der Waals surface area contributed by atoms with Gasteiger partial charge in [0.1, 0.15) is 0 Å². The van der Waals surface area contributed by atoms with E-state index in [9.17, 15) is 0 Å². The second-order valence-corrected chi connectivity index (χ2v) is 7.95. The SMILES string of the molecule is c1coc(-c2nc(CSc3nnc(N4CCCC4)n3C[C@@H]3CCCO3)no2)c1. The van der Waals surface area contributed by atoms with Crippen LogP contribution in [0.5, 0.6) is 0 Å². The molecule has 0 radical (unpaired) electrons. The molecule has 2 fully saturated rings. The first-order chi connectivity index (χ1) is 13.9. The maximum Gasteiger partial charge on any atom is 0.293 e. The lowest BCUT2D eigenvalue weighted by Gasteiger charge is -2.20. The number of ether oxygens (including phenoxy) is 1. The molecule has 0 bridgehead atoms. The van der Waals surface area contributed by atoms with Crippen LogP contribution >= 0.6 is 11.8 Å². The van der Waals surface area contributed by atoms with Gasteiger partial charge in [0.2, 0.25) is 5.95 Å². The highest BCUT2D eigenvalue weighted by Gasteiger charge is 2.25. The van der Waals surface area contributed by atoms with Gasteiger partial charge >= 0.3 is 0 Å². The fourth-order valence-electron chi connectivity index (χ4n) is 3.63. The summed E-state index contributed by atoms with van der Waals surface area (Å²) in [5, 5.41) is 13.8. The number of thioether (sulfide) groups is 1. The van der Waals surface area contributed by atoms with E-state index in [0.717, 1.165) is 50.2 Å². The molecule has 0 aliphatic carbocycles. The van der Waals surface area contributed by atoms with Crippen LogP contribution in [-0.4, -0.2) is 50.7 Å². The number of anilines is 1. The molecular formula is C18H22N6O3S. The molecule has 2 saturated heterocycles. The summed E-state index contributed by atoms with van der Waals surface area (Å²) in [4.78, 5) is 6.71. The monoisotopic (exact) mass is 402 g/mol. The Morgan fingerprint density at radius 2 is 2.11 bits per heavy atom. The Labute approximate surface area is 166 Å². The second kappa shape index (κ2) is 7.96. The first-order valence-corrected chi connectivity index (χ1v) is 10.6. The minimum absolute atomic E-state index is 0.229. The van der Waals surface area contributed by atoms with Crippen molar-refractivity contribution in [3.05, 3.63) is 24.2 Å². The first kappa shape index (κ1) is 17.7. The van der Waals surface area contributed by atoms with Gasteiger partial charge in [-0.05, 0) is 37.8 Å². The van der Waals surface area contributed by atoms with Crippen molar-refractivity contribution in [2.24, 2.45) is 0 Å². The Kier molecular flexibility index (Phi) is 5.05. The molecule has 2 aliphatic rings. The van der Waals surface area contributed by atoms with Crippen LogP contribution in [0.2, 0.25) is 0 Å². The Balaban J connectivity index is 1.32. The molecule has 0 amide bonds. The zero-order valence-electron chi connectivity index (χ0n) is 15.5. The van der Waals surface area contributed by atoms with E-state index in [2.05, 4.69) is 29.8 Å². The van der Waals surface area contributed by atoms with Crippen molar-refractivity contribution in [3.8, 4) is 11.7 Å². The Hall–Kier alpha value is -2.33. The van der Waals surface area contributed by atoms with Crippen LogP contribution in [0, 0.1) is 0 Å². The largest absolute Gasteiger partial charge is 0.459 e. The average Bonchev–Trinajstić information content (AvgIpc) is 3.53. The summed E-state index contributed by atoms with van der Waals surface area (Å²) >= 11 is 1.57. The van der Waals surface area contributed by atoms with Gasteiger partial charge in [-0.1, -0.05) is 16.9 Å². The predicted octanol–water partition coefficient (Wildman–Crippen LogP) is 2.99. The lowest BCUT2D eigenvalue weighted by atomic mass is 10.2. The third-order valence-corrected chi connectivity index (χ3v) is 5.99. The number of hydrogen-bond donors (Lipinski definition) is 0. The molecule has 0 aromatic carbocycles. The number of hydrogen-bond acceptors (Lipinski definition) is 9. The summed E-state index contributed by atoms with van der Waals surface area (Å²) in [6, 6.07) is 3.59. The molecule has 28 heavy (non-hydrogen) atoms. The van der Waals surface area contributed by atoms with E-state index in [1.807, 2.05) is 0 Å². The summed E-state index contributed by atoms with van der Waals surface area (Å²) in [5.41, 5.74) is 0. The molecule has 5 rings (SSSR count). The topological polar surface area (TPSA) is 95.2 Å². The van der Waals surface area contributed by atoms with Crippen molar-refractivity contribution >= 4 is 17.7 Å². The lowest BCUT2D eigenvalue weighted by Crippen LogP contribution is -2.25. The minimum atomic E-state index is 0.229. The normalized spacial score (nSPS) is 19.7. The average molecular weight is 402 g/mol. The third-order valence-electron chi connectivity index (χ3n) is 5.03. The summed E-state index contributed by atoms with van der Waals surface area (Å²) in [6.45, 7) is 3.69. The highest BCUT2D eigenvalue weighted by molar-refractivity contribution is 7.98. The van der Waals surface area contributed by atoms with Crippen LogP contribution in [0.4, 0.5) is 5.95 Å². The van der Waals surface area contributed by atoms with Crippen LogP contribution in [0.3, 0.4) is 0 Å². The molecule has 0 saturated carbocycles. The van der Waals surface area contributed by atoms with Crippen LogP contribution < -0.4 is 4.90 Å². The maximum absolute atomic E-state index is 5.85. The van der Waals surface area contributed by atoms with E-state index >= 15 is 0 Å². The minimum Gasteiger partial charge on any atom is -0.459 e. The van der Waals surface area contributed by atoms with Gasteiger partial charge in [0, 0.05) is 19.7 Å². The van der Waals surface area contributed by atoms with Crippen molar-refractivity contribution in [2.75, 3.05) is 24.6 Å². The molecule has 148 valence electrons. The number of rotatable bonds is 7. The molecule has 10 heteroatoms. The van der Waals surface area contributed by atoms with E-state index in [0.29, 0.717) is 23.2 Å². The van der Waals surface area contributed by atoms with E-state index in [4.69, 9.17) is 13.7 Å². The van der Waals surface area contributed by atoms with E-state index < -0.39 is 0 Å². The fourth-order valence-corrected chi connectivity index (χ4v) is 4.42. The maximum atomic E-state index is 5.85. The van der Waals surface area contributed by atoms with Gasteiger partial charge in [0.05, 0.1) is 24.7 Å². The molecule has 3 aromatic rings. The summed E-state index contributed by atoms with van der Waals surface area (Å²) < 4.78 is 18.6. The van der Waals surface area contributed by atoms with Crippen LogP contribution in [0.15, 0.2) is 32.5 Å². The summed E-state index contributed by atoms with van der Waals surface area (Å²) in [6.07, 6.45) is 6.42. The molecule has 1 atom stereocenters. The smallest absolute Gasteiger partial charge is 0.293 e. The van der Waals surface area contributed by atoms with Crippen molar-refractivity contribution in [2.45, 2.75) is 49.2 Å². The van der Waals surface area contributed by atoms with Crippen molar-refractivity contribution in [1.29, 1.82) is 0 Å². The zero-order valence-corrected chi connectivity index (χ0v) is 16.3. The second-order valence-electron chi connectivity index (χ2n) is 7.00. The molecule has 9 nitrogen and oxygen atoms in total. The molecule has 0 spiro atoms. The van der Waals surface area contributed by atoms with E-state index in [1.165, 1.54) is 12.8 Å². The van der Waals surface area contributed by atoms with Gasteiger partial charge in [0.25, 0.3) is 5.89 Å². The van der Waals surface area contributed by atoms with Crippen LogP contribution in [0.1, 0.15) is 31.5 Å². The quantitative estimate of drug-likeness (QED) is 0.553. The molecule has 5 heterocycles. The zero-order chi connectivity index (χ0) is 18.8. The Morgan fingerprint density at radius 3 is 2.89 bits per heavy atom. The molecule has 2 aliphatic heterocycles. The van der Waals surface area contributed by atoms with Gasteiger partial charge < -0.3 is 18.6 Å². The van der Waals surface area contributed by atoms with Gasteiger partial charge in [0.15, 0.2) is 16.7 Å². The summed E-state index contributed by atoms with van der Waals surface area (Å²) in [5.74, 6) is 3.06. The Morgan fingerprint density at radius 1 is 1.18 bits per heavy atom. The Bertz CT molecular complexity index is 896. The van der Waals surface area contributed by atoms with Crippen LogP contribution in [-0.2, 0) is 17.0 Å². The predicted molar refractivity (Wildman–Crippen MR) is 102 cm³/mol. The first-order valence-electron chi connectivity index (χ1n) is 9.66.